The lowest BCUT2D eigenvalue weighted by Crippen LogP contribution is -2.32. The zero-order valence-corrected chi connectivity index (χ0v) is 14.9. The Kier molecular flexibility index (Phi) is 7.01. The van der Waals surface area contributed by atoms with Crippen LogP contribution < -0.4 is 16.4 Å². The molecule has 2 amide bonds. The molecule has 142 valence electrons. The molecule has 0 radical (unpaired) electrons. The maximum absolute atomic E-state index is 12.1. The van der Waals surface area contributed by atoms with E-state index in [1.807, 2.05) is 18.2 Å². The predicted octanol–water partition coefficient (Wildman–Crippen LogP) is 2.03. The van der Waals surface area contributed by atoms with Crippen LogP contribution in [0.3, 0.4) is 0 Å². The summed E-state index contributed by atoms with van der Waals surface area (Å²) in [6, 6.07) is 8.07. The van der Waals surface area contributed by atoms with Gasteiger partial charge in [-0.05, 0) is 43.5 Å². The van der Waals surface area contributed by atoms with Gasteiger partial charge in [0.05, 0.1) is 23.5 Å². The minimum absolute atomic E-state index is 0.00377. The Bertz CT molecular complexity index is 836. The zero-order valence-electron chi connectivity index (χ0n) is 14.9. The largest absolute Gasteiger partial charge is 0.478 e. The van der Waals surface area contributed by atoms with E-state index in [-0.39, 0.29) is 29.5 Å². The smallest absolute Gasteiger partial charge is 0.337 e. The Morgan fingerprint density at radius 1 is 1.22 bits per heavy atom. The summed E-state index contributed by atoms with van der Waals surface area (Å²) in [5, 5.41) is 14.4. The molecule has 8 heteroatoms. The van der Waals surface area contributed by atoms with E-state index in [0.717, 1.165) is 5.56 Å². The first-order valence-corrected chi connectivity index (χ1v) is 8.49. The van der Waals surface area contributed by atoms with Crippen LogP contribution in [0.1, 0.15) is 35.7 Å². The number of carbonyl (C=O) groups excluding carboxylic acids is 2. The number of hydrogen-bond acceptors (Lipinski definition) is 5. The maximum atomic E-state index is 12.1. The fourth-order valence-corrected chi connectivity index (χ4v) is 2.41. The van der Waals surface area contributed by atoms with Crippen molar-refractivity contribution < 1.29 is 19.5 Å². The highest BCUT2D eigenvalue weighted by Crippen LogP contribution is 2.16. The number of aromatic carboxylic acids is 1. The number of hydrogen-bond donors (Lipinski definition) is 4. The van der Waals surface area contributed by atoms with Gasteiger partial charge < -0.3 is 21.5 Å². The van der Waals surface area contributed by atoms with Gasteiger partial charge in [-0.25, -0.2) is 4.79 Å². The molecule has 1 aromatic heterocycles. The number of carboxylic acids is 1. The number of nitrogens with two attached hydrogens (primary N) is 1. The Balaban J connectivity index is 1.87. The van der Waals surface area contributed by atoms with E-state index in [1.165, 1.54) is 18.5 Å². The summed E-state index contributed by atoms with van der Waals surface area (Å²) in [4.78, 5) is 38.7. The molecule has 0 saturated heterocycles. The van der Waals surface area contributed by atoms with Crippen LogP contribution in [0.25, 0.3) is 0 Å². The Morgan fingerprint density at radius 2 is 2.00 bits per heavy atom. The molecular formula is C19H22N4O4. The third-order valence-electron chi connectivity index (χ3n) is 3.80. The Morgan fingerprint density at radius 3 is 2.70 bits per heavy atom. The normalized spacial score (nSPS) is 11.5. The molecule has 0 spiro atoms. The Labute approximate surface area is 156 Å². The van der Waals surface area contributed by atoms with Crippen LogP contribution in [0.4, 0.5) is 11.4 Å². The van der Waals surface area contributed by atoms with Gasteiger partial charge in [-0.1, -0.05) is 12.1 Å². The van der Waals surface area contributed by atoms with Crippen molar-refractivity contribution >= 4 is 29.2 Å². The second kappa shape index (κ2) is 9.44. The van der Waals surface area contributed by atoms with Gasteiger partial charge in [0, 0.05) is 18.3 Å². The molecule has 1 unspecified atom stereocenters. The van der Waals surface area contributed by atoms with Gasteiger partial charge in [-0.3, -0.25) is 14.6 Å². The monoisotopic (exact) mass is 370 g/mol. The molecule has 1 aromatic carbocycles. The fraction of sp³-hybridized carbons (Fsp3) is 0.263. The molecule has 0 aliphatic heterocycles. The molecule has 2 aromatic rings. The Hall–Kier alpha value is -3.26. The summed E-state index contributed by atoms with van der Waals surface area (Å²) >= 11 is 0. The van der Waals surface area contributed by atoms with E-state index in [4.69, 9.17) is 10.8 Å². The number of nitrogens with one attached hydrogen (secondary N) is 2. The number of anilines is 2. The van der Waals surface area contributed by atoms with Crippen molar-refractivity contribution in [2.24, 2.45) is 5.73 Å². The predicted molar refractivity (Wildman–Crippen MR) is 101 cm³/mol. The number of pyridine rings is 1. The van der Waals surface area contributed by atoms with Crippen LogP contribution in [0, 0.1) is 0 Å². The van der Waals surface area contributed by atoms with Crippen LogP contribution in [-0.2, 0) is 16.0 Å². The number of carbonyl (C=O) groups is 3. The van der Waals surface area contributed by atoms with Gasteiger partial charge >= 0.3 is 5.97 Å². The summed E-state index contributed by atoms with van der Waals surface area (Å²) in [6.45, 7) is 1.61. The third-order valence-corrected chi connectivity index (χ3v) is 3.80. The average Bonchev–Trinajstić information content (AvgIpc) is 2.62. The number of benzene rings is 1. The van der Waals surface area contributed by atoms with Crippen molar-refractivity contribution in [1.29, 1.82) is 0 Å². The lowest BCUT2D eigenvalue weighted by atomic mass is 10.1. The summed E-state index contributed by atoms with van der Waals surface area (Å²) in [7, 11) is 0. The molecule has 1 heterocycles. The second-order valence-electron chi connectivity index (χ2n) is 6.11. The van der Waals surface area contributed by atoms with Gasteiger partial charge in [0.1, 0.15) is 0 Å². The molecule has 0 aliphatic carbocycles. The van der Waals surface area contributed by atoms with Gasteiger partial charge in [0.15, 0.2) is 0 Å². The van der Waals surface area contributed by atoms with Crippen molar-refractivity contribution in [1.82, 2.24) is 4.98 Å². The quantitative estimate of drug-likeness (QED) is 0.562. The van der Waals surface area contributed by atoms with Crippen molar-refractivity contribution in [3.05, 3.63) is 53.9 Å². The zero-order chi connectivity index (χ0) is 19.8. The highest BCUT2D eigenvalue weighted by molar-refractivity contribution is 6.00. The van der Waals surface area contributed by atoms with E-state index < -0.39 is 12.0 Å². The second-order valence-corrected chi connectivity index (χ2v) is 6.11. The fourth-order valence-electron chi connectivity index (χ4n) is 2.41. The summed E-state index contributed by atoms with van der Waals surface area (Å²) in [6.07, 6.45) is 4.10. The molecule has 0 fully saturated rings. The van der Waals surface area contributed by atoms with Crippen molar-refractivity contribution in [2.75, 3.05) is 10.6 Å². The standard InChI is InChI=1S/C19H22N4O4/c1-12(20)18(25)22-14-6-2-4-13(10-14)5-3-7-17(24)23-16-11-21-9-8-15(16)19(26)27/h2,4,6,8-12H,3,5,7,20H2,1H3,(H,22,25)(H,23,24)(H,26,27). The summed E-state index contributed by atoms with van der Waals surface area (Å²) in [5.41, 5.74) is 7.33. The number of nitrogens with zero attached hydrogens (tertiary/aromatic N) is 1. The van der Waals surface area contributed by atoms with Crippen molar-refractivity contribution in [3.8, 4) is 0 Å². The third kappa shape index (κ3) is 6.19. The molecule has 2 rings (SSSR count). The molecular weight excluding hydrogens is 348 g/mol. The van der Waals surface area contributed by atoms with Crippen molar-refractivity contribution in [3.63, 3.8) is 0 Å². The molecule has 27 heavy (non-hydrogen) atoms. The first kappa shape index (κ1) is 20.1. The van der Waals surface area contributed by atoms with Crippen LogP contribution in [0.15, 0.2) is 42.7 Å². The molecule has 5 N–H and O–H groups in total. The SMILES string of the molecule is CC(N)C(=O)Nc1cccc(CCCC(=O)Nc2cnccc2C(=O)O)c1. The minimum Gasteiger partial charge on any atom is -0.478 e. The van der Waals surface area contributed by atoms with Crippen LogP contribution >= 0.6 is 0 Å². The van der Waals surface area contributed by atoms with E-state index >= 15 is 0 Å². The van der Waals surface area contributed by atoms with Gasteiger partial charge in [0.2, 0.25) is 11.8 Å². The maximum Gasteiger partial charge on any atom is 0.337 e. The summed E-state index contributed by atoms with van der Waals surface area (Å²) in [5.74, 6) is -1.68. The van der Waals surface area contributed by atoms with Gasteiger partial charge in [0.25, 0.3) is 0 Å². The van der Waals surface area contributed by atoms with Gasteiger partial charge in [-0.15, -0.1) is 0 Å². The van der Waals surface area contributed by atoms with E-state index in [2.05, 4.69) is 15.6 Å². The molecule has 0 bridgehead atoms. The molecule has 8 nitrogen and oxygen atoms in total. The lowest BCUT2D eigenvalue weighted by molar-refractivity contribution is -0.117. The highest BCUT2D eigenvalue weighted by atomic mass is 16.4. The molecule has 1 atom stereocenters. The lowest BCUT2D eigenvalue weighted by Gasteiger charge is -2.10. The number of amides is 2. The number of aromatic nitrogens is 1. The highest BCUT2D eigenvalue weighted by Gasteiger charge is 2.12. The van der Waals surface area contributed by atoms with Crippen molar-refractivity contribution in [2.45, 2.75) is 32.2 Å². The number of aryl methyl sites for hydroxylation is 1. The number of rotatable bonds is 8. The first-order valence-electron chi connectivity index (χ1n) is 8.49. The van der Waals surface area contributed by atoms with E-state index in [9.17, 15) is 14.4 Å². The first-order chi connectivity index (χ1) is 12.9. The van der Waals surface area contributed by atoms with E-state index in [0.29, 0.717) is 18.5 Å². The summed E-state index contributed by atoms with van der Waals surface area (Å²) < 4.78 is 0. The van der Waals surface area contributed by atoms with Crippen LogP contribution in [0.5, 0.6) is 0 Å². The molecule has 0 saturated carbocycles. The average molecular weight is 370 g/mol. The van der Waals surface area contributed by atoms with Crippen LogP contribution in [-0.4, -0.2) is 33.9 Å². The van der Waals surface area contributed by atoms with E-state index in [1.54, 1.807) is 13.0 Å². The van der Waals surface area contributed by atoms with Gasteiger partial charge in [-0.2, -0.15) is 0 Å². The number of carboxylic acid groups (broad SMARTS) is 1. The topological polar surface area (TPSA) is 134 Å². The minimum atomic E-state index is -1.13. The van der Waals surface area contributed by atoms with Crippen LogP contribution in [0.2, 0.25) is 0 Å². The molecule has 0 aliphatic rings.